The molecular formula is C17H19F3N4O2S. The van der Waals surface area contributed by atoms with Crippen molar-refractivity contribution in [3.63, 3.8) is 0 Å². The zero-order valence-electron chi connectivity index (χ0n) is 14.5. The standard InChI is InChI=1S/C17H19F3N4O2S/c18-17(19,20)10-23(8-13-2-1-7-26-13)14(25)9-27-16-22-21-15(11-3-4-11)24(16)12-5-6-12/h1-2,7,11-12H,3-6,8-10H2. The van der Waals surface area contributed by atoms with Gasteiger partial charge in [-0.1, -0.05) is 11.8 Å². The van der Waals surface area contributed by atoms with Crippen LogP contribution in [0.15, 0.2) is 28.0 Å². The van der Waals surface area contributed by atoms with Gasteiger partial charge in [-0.2, -0.15) is 13.2 Å². The number of carbonyl (C=O) groups excluding carboxylic acids is 1. The molecule has 10 heteroatoms. The molecular weight excluding hydrogens is 381 g/mol. The molecule has 2 aromatic heterocycles. The van der Waals surface area contributed by atoms with Crippen LogP contribution < -0.4 is 0 Å². The quantitative estimate of drug-likeness (QED) is 0.631. The number of rotatable bonds is 8. The van der Waals surface area contributed by atoms with E-state index in [2.05, 4.69) is 14.8 Å². The zero-order valence-corrected chi connectivity index (χ0v) is 15.3. The van der Waals surface area contributed by atoms with Crippen LogP contribution in [0.3, 0.4) is 0 Å². The molecule has 2 fully saturated rings. The summed E-state index contributed by atoms with van der Waals surface area (Å²) < 4.78 is 45.8. The van der Waals surface area contributed by atoms with E-state index in [1.165, 1.54) is 6.26 Å². The van der Waals surface area contributed by atoms with Gasteiger partial charge in [0.1, 0.15) is 18.1 Å². The molecule has 0 atom stereocenters. The predicted octanol–water partition coefficient (Wildman–Crippen LogP) is 3.77. The lowest BCUT2D eigenvalue weighted by atomic mass is 10.3. The minimum absolute atomic E-state index is 0.119. The van der Waals surface area contributed by atoms with Crippen molar-refractivity contribution in [2.75, 3.05) is 12.3 Å². The Balaban J connectivity index is 1.43. The van der Waals surface area contributed by atoms with Crippen molar-refractivity contribution in [1.29, 1.82) is 0 Å². The molecule has 6 nitrogen and oxygen atoms in total. The minimum atomic E-state index is -4.47. The first-order valence-corrected chi connectivity index (χ1v) is 9.84. The normalized spacial score (nSPS) is 17.3. The molecule has 2 aliphatic carbocycles. The van der Waals surface area contributed by atoms with E-state index in [9.17, 15) is 18.0 Å². The molecule has 0 bridgehead atoms. The number of hydrogen-bond acceptors (Lipinski definition) is 5. The third-order valence-corrected chi connectivity index (χ3v) is 5.45. The van der Waals surface area contributed by atoms with E-state index in [1.54, 1.807) is 12.1 Å². The van der Waals surface area contributed by atoms with Gasteiger partial charge in [0.15, 0.2) is 5.16 Å². The van der Waals surface area contributed by atoms with Gasteiger partial charge in [0, 0.05) is 12.0 Å². The number of halogens is 3. The maximum atomic E-state index is 12.9. The van der Waals surface area contributed by atoms with Gasteiger partial charge < -0.3 is 13.9 Å². The number of aromatic nitrogens is 3. The lowest BCUT2D eigenvalue weighted by molar-refractivity contribution is -0.161. The summed E-state index contributed by atoms with van der Waals surface area (Å²) in [5.41, 5.74) is 0. The fourth-order valence-electron chi connectivity index (χ4n) is 2.94. The first-order valence-electron chi connectivity index (χ1n) is 8.85. The van der Waals surface area contributed by atoms with Crippen molar-refractivity contribution in [1.82, 2.24) is 19.7 Å². The second kappa shape index (κ2) is 7.21. The first kappa shape index (κ1) is 18.4. The summed E-state index contributed by atoms with van der Waals surface area (Å²) in [4.78, 5) is 13.2. The van der Waals surface area contributed by atoms with Gasteiger partial charge in [0.05, 0.1) is 18.6 Å². The molecule has 4 rings (SSSR count). The highest BCUT2D eigenvalue weighted by atomic mass is 32.2. The fraction of sp³-hybridized carbons (Fsp3) is 0.588. The lowest BCUT2D eigenvalue weighted by Crippen LogP contribution is -2.39. The third-order valence-electron chi connectivity index (χ3n) is 4.52. The Bertz CT molecular complexity index is 798. The lowest BCUT2D eigenvalue weighted by Gasteiger charge is -2.22. The number of hydrogen-bond donors (Lipinski definition) is 0. The number of thioether (sulfide) groups is 1. The molecule has 0 saturated heterocycles. The molecule has 0 unspecified atom stereocenters. The highest BCUT2D eigenvalue weighted by Gasteiger charge is 2.37. The van der Waals surface area contributed by atoms with E-state index >= 15 is 0 Å². The average molecular weight is 400 g/mol. The second-order valence-electron chi connectivity index (χ2n) is 6.95. The van der Waals surface area contributed by atoms with Crippen LogP contribution >= 0.6 is 11.8 Å². The van der Waals surface area contributed by atoms with Crippen molar-refractivity contribution in [3.8, 4) is 0 Å². The van der Waals surface area contributed by atoms with Crippen LogP contribution in [-0.2, 0) is 11.3 Å². The second-order valence-corrected chi connectivity index (χ2v) is 7.89. The first-order chi connectivity index (χ1) is 12.9. The molecule has 0 radical (unpaired) electrons. The van der Waals surface area contributed by atoms with Crippen LogP contribution in [0, 0.1) is 0 Å². The molecule has 2 heterocycles. The number of nitrogens with zero attached hydrogens (tertiary/aromatic N) is 4. The van der Waals surface area contributed by atoms with E-state index in [-0.39, 0.29) is 12.3 Å². The van der Waals surface area contributed by atoms with Crippen molar-refractivity contribution < 1.29 is 22.4 Å². The number of amides is 1. The average Bonchev–Trinajstić information content (AvgIpc) is 3.53. The van der Waals surface area contributed by atoms with E-state index in [1.807, 2.05) is 0 Å². The van der Waals surface area contributed by atoms with Gasteiger partial charge in [-0.15, -0.1) is 10.2 Å². The van der Waals surface area contributed by atoms with E-state index < -0.39 is 18.6 Å². The summed E-state index contributed by atoms with van der Waals surface area (Å²) in [5, 5.41) is 9.06. The van der Waals surface area contributed by atoms with Crippen LogP contribution in [0.2, 0.25) is 0 Å². The van der Waals surface area contributed by atoms with Gasteiger partial charge in [0.25, 0.3) is 0 Å². The monoisotopic (exact) mass is 400 g/mol. The summed E-state index contributed by atoms with van der Waals surface area (Å²) in [6.45, 7) is -1.52. The molecule has 0 N–H and O–H groups in total. The summed E-state index contributed by atoms with van der Waals surface area (Å²) >= 11 is 1.16. The maximum Gasteiger partial charge on any atom is 0.406 e. The Morgan fingerprint density at radius 2 is 2.07 bits per heavy atom. The Morgan fingerprint density at radius 3 is 2.67 bits per heavy atom. The van der Waals surface area contributed by atoms with Crippen molar-refractivity contribution in [2.45, 2.75) is 55.5 Å². The van der Waals surface area contributed by atoms with E-state index in [0.717, 1.165) is 48.2 Å². The Kier molecular flexibility index (Phi) is 4.92. The number of carbonyl (C=O) groups is 1. The topological polar surface area (TPSA) is 64.2 Å². The van der Waals surface area contributed by atoms with Crippen LogP contribution in [0.4, 0.5) is 13.2 Å². The third kappa shape index (κ3) is 4.66. The van der Waals surface area contributed by atoms with Crippen LogP contribution in [0.1, 0.15) is 49.2 Å². The molecule has 27 heavy (non-hydrogen) atoms. The van der Waals surface area contributed by atoms with Gasteiger partial charge in [0.2, 0.25) is 5.91 Å². The van der Waals surface area contributed by atoms with Crippen molar-refractivity contribution >= 4 is 17.7 Å². The Morgan fingerprint density at radius 1 is 1.30 bits per heavy atom. The van der Waals surface area contributed by atoms with Crippen LogP contribution in [0.5, 0.6) is 0 Å². The molecule has 1 amide bonds. The van der Waals surface area contributed by atoms with Crippen molar-refractivity contribution in [2.24, 2.45) is 0 Å². The summed E-state index contributed by atoms with van der Waals surface area (Å²) in [6, 6.07) is 3.50. The van der Waals surface area contributed by atoms with Gasteiger partial charge in [-0.25, -0.2) is 0 Å². The number of alkyl halides is 3. The van der Waals surface area contributed by atoms with E-state index in [4.69, 9.17) is 4.42 Å². The smallest absolute Gasteiger partial charge is 0.406 e. The molecule has 2 aromatic rings. The molecule has 0 spiro atoms. The summed E-state index contributed by atoms with van der Waals surface area (Å²) in [5.74, 6) is 0.979. The molecule has 0 aliphatic heterocycles. The summed E-state index contributed by atoms with van der Waals surface area (Å²) in [6.07, 6.45) is 1.20. The molecule has 2 aliphatic rings. The van der Waals surface area contributed by atoms with Crippen LogP contribution in [-0.4, -0.2) is 44.0 Å². The van der Waals surface area contributed by atoms with Gasteiger partial charge >= 0.3 is 6.18 Å². The Hall–Kier alpha value is -1.97. The van der Waals surface area contributed by atoms with Crippen LogP contribution in [0.25, 0.3) is 0 Å². The predicted molar refractivity (Wildman–Crippen MR) is 91.2 cm³/mol. The Labute approximate surface area is 158 Å². The molecule has 146 valence electrons. The molecule has 0 aromatic carbocycles. The highest BCUT2D eigenvalue weighted by molar-refractivity contribution is 7.99. The number of furan rings is 1. The van der Waals surface area contributed by atoms with E-state index in [0.29, 0.717) is 22.9 Å². The molecule has 2 saturated carbocycles. The summed E-state index contributed by atoms with van der Waals surface area (Å²) in [7, 11) is 0. The zero-order chi connectivity index (χ0) is 19.0. The van der Waals surface area contributed by atoms with Gasteiger partial charge in [-0.3, -0.25) is 4.79 Å². The highest BCUT2D eigenvalue weighted by Crippen LogP contribution is 2.46. The maximum absolute atomic E-state index is 12.9. The fourth-order valence-corrected chi connectivity index (χ4v) is 3.85. The minimum Gasteiger partial charge on any atom is -0.467 e. The van der Waals surface area contributed by atoms with Gasteiger partial charge in [-0.05, 0) is 37.8 Å². The largest absolute Gasteiger partial charge is 0.467 e. The van der Waals surface area contributed by atoms with Crippen molar-refractivity contribution in [3.05, 3.63) is 30.0 Å². The SMILES string of the molecule is O=C(CSc1nnc(C2CC2)n1C1CC1)N(Cc1ccco1)CC(F)(F)F.